The summed E-state index contributed by atoms with van der Waals surface area (Å²) in [6, 6.07) is 11.3. The monoisotopic (exact) mass is 479 g/mol. The minimum atomic E-state index is -0.786. The van der Waals surface area contributed by atoms with Crippen LogP contribution in [-0.2, 0) is 16.1 Å². The Morgan fingerprint density at radius 2 is 1.86 bits per heavy atom. The molecule has 0 radical (unpaired) electrons. The van der Waals surface area contributed by atoms with Crippen LogP contribution in [0, 0.1) is 13.8 Å². The molecule has 3 N–H and O–H groups in total. The number of nitrogens with two attached hydrogens (primary N) is 1. The number of nitrogens with zero attached hydrogens (tertiary/aromatic N) is 3. The minimum absolute atomic E-state index is 0.0867. The van der Waals surface area contributed by atoms with E-state index in [2.05, 4.69) is 9.55 Å². The number of carbonyl (C=O) groups is 2. The fourth-order valence-corrected chi connectivity index (χ4v) is 4.38. The lowest BCUT2D eigenvalue weighted by Gasteiger charge is -2.23. The standard InChI is InChI=1S/C25H29N5O5/c1-4-28(20(31)14-35-24(33)19-12-15(2)30(16(19)3)18-10-11-18)21-22(26)29(25(34)27-23(21)32)13-17-8-6-5-7-9-17/h5-9,12,18H,4,10-11,13-14,26H2,1-3H3,(H,27,32,34). The molecule has 0 atom stereocenters. The van der Waals surface area contributed by atoms with Crippen LogP contribution in [0.4, 0.5) is 11.5 Å². The third-order valence-corrected chi connectivity index (χ3v) is 6.23. The van der Waals surface area contributed by atoms with Gasteiger partial charge in [0.25, 0.3) is 11.5 Å². The maximum absolute atomic E-state index is 13.0. The second-order valence-corrected chi connectivity index (χ2v) is 8.66. The highest BCUT2D eigenvalue weighted by Crippen LogP contribution is 2.38. The molecule has 4 rings (SSSR count). The molecule has 0 saturated heterocycles. The van der Waals surface area contributed by atoms with Gasteiger partial charge in [0, 0.05) is 24.0 Å². The summed E-state index contributed by atoms with van der Waals surface area (Å²) in [5.41, 5.74) is 7.58. The first-order chi connectivity index (χ1) is 16.7. The van der Waals surface area contributed by atoms with Crippen LogP contribution in [0.5, 0.6) is 0 Å². The van der Waals surface area contributed by atoms with Crippen molar-refractivity contribution < 1.29 is 14.3 Å². The summed E-state index contributed by atoms with van der Waals surface area (Å²) in [5.74, 6) is -1.37. The van der Waals surface area contributed by atoms with Gasteiger partial charge in [-0.2, -0.15) is 0 Å². The molecular weight excluding hydrogens is 450 g/mol. The molecule has 184 valence electrons. The van der Waals surface area contributed by atoms with Gasteiger partial charge in [-0.05, 0) is 45.2 Å². The fraction of sp³-hybridized carbons (Fsp3) is 0.360. The van der Waals surface area contributed by atoms with Crippen molar-refractivity contribution in [3.05, 3.63) is 79.8 Å². The Kier molecular flexibility index (Phi) is 6.63. The summed E-state index contributed by atoms with van der Waals surface area (Å²) in [4.78, 5) is 54.1. The maximum Gasteiger partial charge on any atom is 0.340 e. The van der Waals surface area contributed by atoms with E-state index in [1.54, 1.807) is 13.0 Å². The number of nitrogen functional groups attached to an aromatic ring is 1. The molecule has 1 aromatic carbocycles. The van der Waals surface area contributed by atoms with E-state index in [0.717, 1.165) is 34.7 Å². The number of hydrogen-bond donors (Lipinski definition) is 2. The predicted octanol–water partition coefficient (Wildman–Crippen LogP) is 2.13. The smallest absolute Gasteiger partial charge is 0.340 e. The molecule has 0 aliphatic heterocycles. The number of H-pyrrole nitrogens is 1. The zero-order chi connectivity index (χ0) is 25.3. The highest BCUT2D eigenvalue weighted by Gasteiger charge is 2.29. The number of hydrogen-bond acceptors (Lipinski definition) is 6. The molecule has 3 aromatic rings. The van der Waals surface area contributed by atoms with Gasteiger partial charge in [-0.15, -0.1) is 0 Å². The van der Waals surface area contributed by atoms with Gasteiger partial charge in [0.05, 0.1) is 12.1 Å². The number of nitrogens with one attached hydrogen (secondary N) is 1. The van der Waals surface area contributed by atoms with Crippen molar-refractivity contribution in [2.45, 2.75) is 46.2 Å². The van der Waals surface area contributed by atoms with Crippen LogP contribution in [0.25, 0.3) is 0 Å². The summed E-state index contributed by atoms with van der Waals surface area (Å²) in [7, 11) is 0. The normalized spacial score (nSPS) is 13.0. The third-order valence-electron chi connectivity index (χ3n) is 6.23. The third kappa shape index (κ3) is 4.77. The van der Waals surface area contributed by atoms with Gasteiger partial charge in [-0.25, -0.2) is 9.59 Å². The Bertz CT molecular complexity index is 1380. The number of anilines is 2. The van der Waals surface area contributed by atoms with E-state index in [4.69, 9.17) is 10.5 Å². The van der Waals surface area contributed by atoms with Crippen LogP contribution in [0.15, 0.2) is 46.0 Å². The lowest BCUT2D eigenvalue weighted by molar-refractivity contribution is -0.121. The van der Waals surface area contributed by atoms with E-state index >= 15 is 0 Å². The average molecular weight is 480 g/mol. The van der Waals surface area contributed by atoms with Crippen LogP contribution in [0.2, 0.25) is 0 Å². The number of amides is 1. The zero-order valence-corrected chi connectivity index (χ0v) is 20.0. The zero-order valence-electron chi connectivity index (χ0n) is 20.0. The number of rotatable bonds is 8. The molecule has 1 amide bonds. The number of esters is 1. The SMILES string of the molecule is CCN(C(=O)COC(=O)c1cc(C)n(C2CC2)c1C)c1c(N)n(Cc2ccccc2)c(=O)[nH]c1=O. The summed E-state index contributed by atoms with van der Waals surface area (Å²) in [6.45, 7) is 5.09. The Morgan fingerprint density at radius 1 is 1.17 bits per heavy atom. The van der Waals surface area contributed by atoms with Gasteiger partial charge >= 0.3 is 11.7 Å². The van der Waals surface area contributed by atoms with Crippen molar-refractivity contribution in [3.63, 3.8) is 0 Å². The number of carbonyl (C=O) groups excluding carboxylic acids is 2. The molecule has 1 fully saturated rings. The van der Waals surface area contributed by atoms with Crippen molar-refractivity contribution in [1.82, 2.24) is 14.1 Å². The Hall–Kier alpha value is -4.08. The Morgan fingerprint density at radius 3 is 2.49 bits per heavy atom. The molecule has 1 saturated carbocycles. The number of aromatic nitrogens is 3. The fourth-order valence-electron chi connectivity index (χ4n) is 4.38. The van der Waals surface area contributed by atoms with E-state index in [9.17, 15) is 19.2 Å². The van der Waals surface area contributed by atoms with Gasteiger partial charge in [-0.3, -0.25) is 19.1 Å². The van der Waals surface area contributed by atoms with Gasteiger partial charge < -0.3 is 19.9 Å². The van der Waals surface area contributed by atoms with Gasteiger partial charge in [0.15, 0.2) is 12.3 Å². The summed E-state index contributed by atoms with van der Waals surface area (Å²) >= 11 is 0. The van der Waals surface area contributed by atoms with Crippen LogP contribution >= 0.6 is 0 Å². The average Bonchev–Trinajstić information content (AvgIpc) is 3.62. The topological polar surface area (TPSA) is 132 Å². The molecular formula is C25H29N5O5. The molecule has 35 heavy (non-hydrogen) atoms. The molecule has 0 unspecified atom stereocenters. The second kappa shape index (κ2) is 9.65. The highest BCUT2D eigenvalue weighted by atomic mass is 16.5. The first-order valence-electron chi connectivity index (χ1n) is 11.5. The molecule has 1 aliphatic rings. The summed E-state index contributed by atoms with van der Waals surface area (Å²) in [6.07, 6.45) is 2.16. The number of likely N-dealkylation sites (N-methyl/N-ethyl adjacent to an activating group) is 1. The summed E-state index contributed by atoms with van der Waals surface area (Å²) in [5, 5.41) is 0. The number of ether oxygens (including phenoxy) is 1. The molecule has 2 aromatic heterocycles. The lowest BCUT2D eigenvalue weighted by Crippen LogP contribution is -2.42. The summed E-state index contributed by atoms with van der Waals surface area (Å²) < 4.78 is 8.62. The molecule has 2 heterocycles. The Balaban J connectivity index is 1.54. The van der Waals surface area contributed by atoms with Gasteiger partial charge in [0.2, 0.25) is 0 Å². The van der Waals surface area contributed by atoms with Crippen molar-refractivity contribution in [2.24, 2.45) is 0 Å². The first kappa shape index (κ1) is 24.1. The van der Waals surface area contributed by atoms with Crippen LogP contribution in [-0.4, -0.2) is 39.1 Å². The van der Waals surface area contributed by atoms with E-state index < -0.39 is 29.7 Å². The van der Waals surface area contributed by atoms with Crippen molar-refractivity contribution in [2.75, 3.05) is 23.8 Å². The number of benzene rings is 1. The lowest BCUT2D eigenvalue weighted by atomic mass is 10.2. The molecule has 10 heteroatoms. The molecule has 1 aliphatic carbocycles. The van der Waals surface area contributed by atoms with E-state index in [1.165, 1.54) is 4.57 Å². The van der Waals surface area contributed by atoms with Crippen molar-refractivity contribution in [3.8, 4) is 0 Å². The van der Waals surface area contributed by atoms with E-state index in [1.807, 2.05) is 44.2 Å². The van der Waals surface area contributed by atoms with Crippen molar-refractivity contribution in [1.29, 1.82) is 0 Å². The van der Waals surface area contributed by atoms with E-state index in [0.29, 0.717) is 11.6 Å². The Labute approximate surface area is 201 Å². The van der Waals surface area contributed by atoms with Gasteiger partial charge in [-0.1, -0.05) is 30.3 Å². The molecule has 0 bridgehead atoms. The second-order valence-electron chi connectivity index (χ2n) is 8.66. The predicted molar refractivity (Wildman–Crippen MR) is 132 cm³/mol. The molecule has 0 spiro atoms. The van der Waals surface area contributed by atoms with Crippen LogP contribution in [0.1, 0.15) is 53.1 Å². The number of aryl methyl sites for hydroxylation is 1. The first-order valence-corrected chi connectivity index (χ1v) is 11.5. The quantitative estimate of drug-likeness (QED) is 0.476. The van der Waals surface area contributed by atoms with Crippen LogP contribution < -0.4 is 21.9 Å². The highest BCUT2D eigenvalue weighted by molar-refractivity contribution is 5.98. The molecule has 10 nitrogen and oxygen atoms in total. The van der Waals surface area contributed by atoms with Crippen molar-refractivity contribution >= 4 is 23.4 Å². The van der Waals surface area contributed by atoms with Crippen LogP contribution in [0.3, 0.4) is 0 Å². The maximum atomic E-state index is 13.0. The van der Waals surface area contributed by atoms with Gasteiger partial charge in [0.1, 0.15) is 5.82 Å². The minimum Gasteiger partial charge on any atom is -0.452 e. The largest absolute Gasteiger partial charge is 0.452 e. The number of aromatic amines is 1. The van der Waals surface area contributed by atoms with E-state index in [-0.39, 0.29) is 24.6 Å².